The van der Waals surface area contributed by atoms with Gasteiger partial charge in [-0.3, -0.25) is 9.48 Å². The van der Waals surface area contributed by atoms with E-state index in [1.54, 1.807) is 12.3 Å². The number of nitrogens with one attached hydrogen (secondary N) is 1. The highest BCUT2D eigenvalue weighted by atomic mass is 19.4. The number of carbonyl (C=O) groups is 1. The Morgan fingerprint density at radius 2 is 1.97 bits per heavy atom. The number of amides is 1. The van der Waals surface area contributed by atoms with E-state index in [9.17, 15) is 18.0 Å². The lowest BCUT2D eigenvalue weighted by Crippen LogP contribution is -2.18. The summed E-state index contributed by atoms with van der Waals surface area (Å²) in [4.78, 5) is 12.7. The van der Waals surface area contributed by atoms with Crippen LogP contribution in [0.25, 0.3) is 5.69 Å². The zero-order valence-corrected chi connectivity index (χ0v) is 17.3. The molecule has 0 fully saturated rings. The Morgan fingerprint density at radius 3 is 2.57 bits per heavy atom. The van der Waals surface area contributed by atoms with Crippen molar-refractivity contribution in [2.24, 2.45) is 5.92 Å². The van der Waals surface area contributed by atoms with Gasteiger partial charge in [0.2, 0.25) is 5.91 Å². The molecule has 0 unspecified atom stereocenters. The first kappa shape index (κ1) is 21.6. The van der Waals surface area contributed by atoms with Crippen LogP contribution in [0.5, 0.6) is 0 Å². The van der Waals surface area contributed by atoms with Gasteiger partial charge in [0.15, 0.2) is 0 Å². The average molecular weight is 419 g/mol. The van der Waals surface area contributed by atoms with E-state index >= 15 is 0 Å². The number of alkyl halides is 3. The number of anilines is 1. The van der Waals surface area contributed by atoms with E-state index in [1.165, 1.54) is 16.9 Å². The molecule has 2 aromatic heterocycles. The minimum Gasteiger partial charge on any atom is -0.324 e. The SMILES string of the molecule is Cc1nn(CC(C)C)c(C)c1CC(=O)Nc1cc(C(F)(F)F)ccc1-n1cccn1. The summed E-state index contributed by atoms with van der Waals surface area (Å²) in [6.07, 6.45) is -1.39. The van der Waals surface area contributed by atoms with E-state index in [4.69, 9.17) is 0 Å². The standard InChI is InChI=1S/C21H24F3N5O/c1-13(2)12-29-15(4)17(14(3)27-29)11-20(30)26-18-10-16(21(22,23)24)6-7-19(18)28-9-5-8-25-28/h5-10,13H,11-12H2,1-4H3,(H,26,30). The second kappa shape index (κ2) is 8.33. The highest BCUT2D eigenvalue weighted by Gasteiger charge is 2.31. The Hall–Kier alpha value is -3.10. The Labute approximate surface area is 172 Å². The van der Waals surface area contributed by atoms with Gasteiger partial charge >= 0.3 is 6.18 Å². The number of benzene rings is 1. The molecule has 6 nitrogen and oxygen atoms in total. The minimum absolute atomic E-state index is 0.0184. The number of aromatic nitrogens is 4. The summed E-state index contributed by atoms with van der Waals surface area (Å²) in [6.45, 7) is 8.60. The van der Waals surface area contributed by atoms with Crippen molar-refractivity contribution in [2.45, 2.75) is 46.8 Å². The van der Waals surface area contributed by atoms with Gasteiger partial charge in [0, 0.05) is 30.2 Å². The van der Waals surface area contributed by atoms with Crippen molar-refractivity contribution in [1.82, 2.24) is 19.6 Å². The van der Waals surface area contributed by atoms with Crippen molar-refractivity contribution in [2.75, 3.05) is 5.32 Å². The number of nitrogens with zero attached hydrogens (tertiary/aromatic N) is 4. The van der Waals surface area contributed by atoms with E-state index in [2.05, 4.69) is 29.4 Å². The second-order valence-electron chi connectivity index (χ2n) is 7.63. The van der Waals surface area contributed by atoms with E-state index < -0.39 is 17.6 Å². The molecule has 160 valence electrons. The summed E-state index contributed by atoms with van der Waals surface area (Å²) in [6, 6.07) is 4.84. The van der Waals surface area contributed by atoms with Gasteiger partial charge in [0.25, 0.3) is 0 Å². The molecule has 0 aliphatic heterocycles. The Balaban J connectivity index is 1.89. The zero-order chi connectivity index (χ0) is 22.1. The van der Waals surface area contributed by atoms with Gasteiger partial charge < -0.3 is 5.32 Å². The predicted octanol–water partition coefficient (Wildman–Crippen LogP) is 4.54. The number of rotatable bonds is 6. The van der Waals surface area contributed by atoms with Gasteiger partial charge in [-0.25, -0.2) is 4.68 Å². The van der Waals surface area contributed by atoms with Gasteiger partial charge in [-0.15, -0.1) is 0 Å². The van der Waals surface area contributed by atoms with Gasteiger partial charge in [-0.05, 0) is 44.0 Å². The van der Waals surface area contributed by atoms with Crippen LogP contribution in [-0.2, 0) is 23.9 Å². The van der Waals surface area contributed by atoms with Crippen LogP contribution in [0.4, 0.5) is 18.9 Å². The van der Waals surface area contributed by atoms with Crippen LogP contribution >= 0.6 is 0 Å². The molecule has 2 heterocycles. The van der Waals surface area contributed by atoms with Gasteiger partial charge in [0.1, 0.15) is 0 Å². The number of aryl methyl sites for hydroxylation is 1. The van der Waals surface area contributed by atoms with Gasteiger partial charge in [0.05, 0.1) is 29.1 Å². The molecule has 0 saturated heterocycles. The molecule has 0 aliphatic carbocycles. The lowest BCUT2D eigenvalue weighted by molar-refractivity contribution is -0.137. The average Bonchev–Trinajstić information content (AvgIpc) is 3.25. The number of carbonyl (C=O) groups excluding carboxylic acids is 1. The highest BCUT2D eigenvalue weighted by Crippen LogP contribution is 2.33. The van der Waals surface area contributed by atoms with E-state index in [1.807, 2.05) is 18.5 Å². The Kier molecular flexibility index (Phi) is 6.00. The van der Waals surface area contributed by atoms with E-state index in [-0.39, 0.29) is 12.1 Å². The molecular weight excluding hydrogens is 395 g/mol. The van der Waals surface area contributed by atoms with Crippen molar-refractivity contribution >= 4 is 11.6 Å². The molecule has 0 bridgehead atoms. The lowest BCUT2D eigenvalue weighted by Gasteiger charge is -2.15. The fourth-order valence-electron chi connectivity index (χ4n) is 3.29. The molecule has 0 saturated carbocycles. The predicted molar refractivity (Wildman–Crippen MR) is 107 cm³/mol. The molecule has 0 radical (unpaired) electrons. The maximum absolute atomic E-state index is 13.2. The van der Waals surface area contributed by atoms with Crippen LogP contribution in [0.2, 0.25) is 0 Å². The van der Waals surface area contributed by atoms with Crippen LogP contribution in [0.3, 0.4) is 0 Å². The molecule has 1 N–H and O–H groups in total. The fourth-order valence-corrected chi connectivity index (χ4v) is 3.29. The topological polar surface area (TPSA) is 64.7 Å². The molecule has 1 amide bonds. The van der Waals surface area contributed by atoms with E-state index in [0.29, 0.717) is 11.6 Å². The second-order valence-corrected chi connectivity index (χ2v) is 7.63. The maximum atomic E-state index is 13.2. The van der Waals surface area contributed by atoms with Gasteiger partial charge in [-0.2, -0.15) is 23.4 Å². The Bertz CT molecular complexity index is 1040. The van der Waals surface area contributed by atoms with Crippen molar-refractivity contribution in [3.8, 4) is 5.69 Å². The molecule has 0 atom stereocenters. The van der Waals surface area contributed by atoms with Crippen LogP contribution < -0.4 is 5.32 Å². The normalized spacial score (nSPS) is 11.9. The third-order valence-electron chi connectivity index (χ3n) is 4.76. The number of hydrogen-bond donors (Lipinski definition) is 1. The molecule has 0 aliphatic rings. The van der Waals surface area contributed by atoms with Crippen molar-refractivity contribution in [3.63, 3.8) is 0 Å². The number of hydrogen-bond acceptors (Lipinski definition) is 3. The fraction of sp³-hybridized carbons (Fsp3) is 0.381. The molecule has 1 aromatic carbocycles. The molecule has 30 heavy (non-hydrogen) atoms. The lowest BCUT2D eigenvalue weighted by atomic mass is 10.1. The smallest absolute Gasteiger partial charge is 0.324 e. The summed E-state index contributed by atoms with van der Waals surface area (Å²) < 4.78 is 42.9. The van der Waals surface area contributed by atoms with Crippen LogP contribution in [0, 0.1) is 19.8 Å². The van der Waals surface area contributed by atoms with Gasteiger partial charge in [-0.1, -0.05) is 13.8 Å². The minimum atomic E-state index is -4.52. The molecule has 3 aromatic rings. The van der Waals surface area contributed by atoms with Crippen LogP contribution in [0.15, 0.2) is 36.7 Å². The van der Waals surface area contributed by atoms with E-state index in [0.717, 1.165) is 35.6 Å². The quantitative estimate of drug-likeness (QED) is 0.638. The summed E-state index contributed by atoms with van der Waals surface area (Å²) in [5, 5.41) is 11.2. The third kappa shape index (κ3) is 4.72. The summed E-state index contributed by atoms with van der Waals surface area (Å²) in [5.74, 6) is -0.0237. The van der Waals surface area contributed by atoms with Crippen molar-refractivity contribution in [3.05, 3.63) is 59.2 Å². The molecule has 9 heteroatoms. The number of halogens is 3. The Morgan fingerprint density at radius 1 is 1.23 bits per heavy atom. The first-order chi connectivity index (χ1) is 14.1. The summed E-state index contributed by atoms with van der Waals surface area (Å²) in [7, 11) is 0. The maximum Gasteiger partial charge on any atom is 0.416 e. The largest absolute Gasteiger partial charge is 0.416 e. The monoisotopic (exact) mass is 419 g/mol. The highest BCUT2D eigenvalue weighted by molar-refractivity contribution is 5.94. The van der Waals surface area contributed by atoms with Crippen molar-refractivity contribution in [1.29, 1.82) is 0 Å². The zero-order valence-electron chi connectivity index (χ0n) is 17.3. The third-order valence-corrected chi connectivity index (χ3v) is 4.76. The summed E-state index contributed by atoms with van der Waals surface area (Å²) >= 11 is 0. The molecule has 0 spiro atoms. The van der Waals surface area contributed by atoms with Crippen molar-refractivity contribution < 1.29 is 18.0 Å². The molecular formula is C21H24F3N5O. The van der Waals surface area contributed by atoms with Crippen LogP contribution in [0.1, 0.15) is 36.4 Å². The van der Waals surface area contributed by atoms with Crippen LogP contribution in [-0.4, -0.2) is 25.5 Å². The summed E-state index contributed by atoms with van der Waals surface area (Å²) in [5.41, 5.74) is 1.95. The molecule has 3 rings (SSSR count). The first-order valence-electron chi connectivity index (χ1n) is 9.60. The first-order valence-corrected chi connectivity index (χ1v) is 9.60.